The fraction of sp³-hybridized carbons (Fsp3) is 0.812. The van der Waals surface area contributed by atoms with E-state index in [1.54, 1.807) is 0 Å². The molecule has 1 rings (SSSR count). The van der Waals surface area contributed by atoms with Crippen molar-refractivity contribution in [3.8, 4) is 0 Å². The lowest BCUT2D eigenvalue weighted by Crippen LogP contribution is -2.26. The van der Waals surface area contributed by atoms with Crippen molar-refractivity contribution in [2.45, 2.75) is 58.8 Å². The second-order valence-corrected chi connectivity index (χ2v) is 5.47. The van der Waals surface area contributed by atoms with Gasteiger partial charge in [0.1, 0.15) is 0 Å². The van der Waals surface area contributed by atoms with Gasteiger partial charge in [-0.05, 0) is 12.8 Å². The predicted octanol–water partition coefficient (Wildman–Crippen LogP) is 3.75. The number of carbonyl (C=O) groups excluding carboxylic acids is 1. The van der Waals surface area contributed by atoms with Gasteiger partial charge < -0.3 is 9.64 Å². The number of hydrogen-bond acceptors (Lipinski definition) is 2. The van der Waals surface area contributed by atoms with Crippen molar-refractivity contribution >= 4 is 5.91 Å². The third-order valence-electron chi connectivity index (χ3n) is 3.69. The molecule has 3 nitrogen and oxygen atoms in total. The van der Waals surface area contributed by atoms with Gasteiger partial charge in [-0.25, -0.2) is 0 Å². The van der Waals surface area contributed by atoms with Crippen LogP contribution in [0.4, 0.5) is 0 Å². The summed E-state index contributed by atoms with van der Waals surface area (Å²) in [7, 11) is 0. The van der Waals surface area contributed by atoms with Crippen LogP contribution < -0.4 is 0 Å². The van der Waals surface area contributed by atoms with Gasteiger partial charge in [0.05, 0.1) is 12.4 Å². The minimum atomic E-state index is 0.203. The molecule has 0 aliphatic carbocycles. The van der Waals surface area contributed by atoms with Crippen LogP contribution in [-0.2, 0) is 9.53 Å². The fourth-order valence-corrected chi connectivity index (χ4v) is 2.46. The zero-order valence-corrected chi connectivity index (χ0v) is 12.6. The SMILES string of the molecule is C=C(OCCC)C1CC(=O)N(CCCCCCC)C1. The predicted molar refractivity (Wildman–Crippen MR) is 78.8 cm³/mol. The Morgan fingerprint density at radius 2 is 2.00 bits per heavy atom. The van der Waals surface area contributed by atoms with Gasteiger partial charge in [-0.15, -0.1) is 0 Å². The standard InChI is InChI=1S/C16H29NO2/c1-4-6-7-8-9-10-17-13-15(12-16(17)18)14(3)19-11-5-2/h15H,3-13H2,1-2H3. The minimum absolute atomic E-state index is 0.203. The first-order chi connectivity index (χ1) is 9.19. The highest BCUT2D eigenvalue weighted by atomic mass is 16.5. The molecule has 3 heteroatoms. The van der Waals surface area contributed by atoms with Gasteiger partial charge in [-0.2, -0.15) is 0 Å². The van der Waals surface area contributed by atoms with E-state index in [1.807, 2.05) is 4.90 Å². The molecule has 0 spiro atoms. The van der Waals surface area contributed by atoms with Gasteiger partial charge >= 0.3 is 0 Å². The summed E-state index contributed by atoms with van der Waals surface area (Å²) in [5.74, 6) is 1.26. The number of hydrogen-bond donors (Lipinski definition) is 0. The molecule has 0 N–H and O–H groups in total. The molecule has 0 aromatic heterocycles. The Labute approximate surface area is 118 Å². The van der Waals surface area contributed by atoms with Crippen LogP contribution in [-0.4, -0.2) is 30.5 Å². The van der Waals surface area contributed by atoms with E-state index in [2.05, 4.69) is 20.4 Å². The first-order valence-corrected chi connectivity index (χ1v) is 7.78. The van der Waals surface area contributed by atoms with Gasteiger partial charge in [0.15, 0.2) is 0 Å². The molecule has 0 radical (unpaired) electrons. The highest BCUT2D eigenvalue weighted by molar-refractivity contribution is 5.79. The number of unbranched alkanes of at least 4 members (excludes halogenated alkanes) is 4. The van der Waals surface area contributed by atoms with Crippen LogP contribution in [0.2, 0.25) is 0 Å². The van der Waals surface area contributed by atoms with Crippen molar-refractivity contribution in [1.82, 2.24) is 4.90 Å². The molecule has 1 amide bonds. The smallest absolute Gasteiger partial charge is 0.223 e. The normalized spacial score (nSPS) is 18.9. The Kier molecular flexibility index (Phi) is 7.61. The van der Waals surface area contributed by atoms with Gasteiger partial charge in [0.2, 0.25) is 5.91 Å². The van der Waals surface area contributed by atoms with Gasteiger partial charge in [-0.1, -0.05) is 46.1 Å². The average molecular weight is 267 g/mol. The second kappa shape index (κ2) is 9.00. The summed E-state index contributed by atoms with van der Waals surface area (Å²) in [4.78, 5) is 13.9. The maximum Gasteiger partial charge on any atom is 0.223 e. The van der Waals surface area contributed by atoms with E-state index in [0.29, 0.717) is 13.0 Å². The number of ether oxygens (including phenoxy) is 1. The minimum Gasteiger partial charge on any atom is -0.498 e. The summed E-state index contributed by atoms with van der Waals surface area (Å²) in [6.45, 7) is 10.7. The average Bonchev–Trinajstić information content (AvgIpc) is 2.77. The number of likely N-dealkylation sites (tertiary alicyclic amines) is 1. The van der Waals surface area contributed by atoms with Crippen LogP contribution in [0.25, 0.3) is 0 Å². The molecule has 0 aromatic rings. The third-order valence-corrected chi connectivity index (χ3v) is 3.69. The first kappa shape index (κ1) is 16.1. The number of nitrogens with zero attached hydrogens (tertiary/aromatic N) is 1. The lowest BCUT2D eigenvalue weighted by atomic mass is 10.1. The first-order valence-electron chi connectivity index (χ1n) is 7.78. The second-order valence-electron chi connectivity index (χ2n) is 5.47. The van der Waals surface area contributed by atoms with E-state index in [4.69, 9.17) is 4.74 Å². The van der Waals surface area contributed by atoms with E-state index in [0.717, 1.165) is 31.7 Å². The Balaban J connectivity index is 2.22. The largest absolute Gasteiger partial charge is 0.498 e. The molecule has 1 unspecified atom stereocenters. The molecule has 1 fully saturated rings. The molecular weight excluding hydrogens is 238 g/mol. The lowest BCUT2D eigenvalue weighted by molar-refractivity contribution is -0.127. The summed E-state index contributed by atoms with van der Waals surface area (Å²) >= 11 is 0. The number of amides is 1. The molecule has 19 heavy (non-hydrogen) atoms. The van der Waals surface area contributed by atoms with E-state index >= 15 is 0 Å². The van der Waals surface area contributed by atoms with E-state index in [9.17, 15) is 4.79 Å². The molecule has 0 aromatic carbocycles. The van der Waals surface area contributed by atoms with Crippen LogP contribution in [0.1, 0.15) is 58.8 Å². The molecule has 1 aliphatic rings. The van der Waals surface area contributed by atoms with Crippen LogP contribution in [0.15, 0.2) is 12.3 Å². The summed E-state index contributed by atoms with van der Waals surface area (Å²) in [6.07, 6.45) is 7.78. The molecule has 0 saturated carbocycles. The molecule has 1 aliphatic heterocycles. The zero-order chi connectivity index (χ0) is 14.1. The maximum absolute atomic E-state index is 11.9. The fourth-order valence-electron chi connectivity index (χ4n) is 2.46. The van der Waals surface area contributed by atoms with Gasteiger partial charge in [-0.3, -0.25) is 4.79 Å². The van der Waals surface area contributed by atoms with Crippen molar-refractivity contribution < 1.29 is 9.53 Å². The van der Waals surface area contributed by atoms with Crippen molar-refractivity contribution in [3.63, 3.8) is 0 Å². The molecule has 1 atom stereocenters. The van der Waals surface area contributed by atoms with Crippen molar-refractivity contribution in [2.75, 3.05) is 19.7 Å². The number of carbonyl (C=O) groups is 1. The van der Waals surface area contributed by atoms with Crippen LogP contribution in [0.3, 0.4) is 0 Å². The molecule has 0 bridgehead atoms. The summed E-state index contributed by atoms with van der Waals surface area (Å²) in [6, 6.07) is 0. The summed E-state index contributed by atoms with van der Waals surface area (Å²) in [5, 5.41) is 0. The topological polar surface area (TPSA) is 29.5 Å². The van der Waals surface area contributed by atoms with Crippen molar-refractivity contribution in [2.24, 2.45) is 5.92 Å². The van der Waals surface area contributed by atoms with Gasteiger partial charge in [0, 0.05) is 25.4 Å². The van der Waals surface area contributed by atoms with Crippen LogP contribution >= 0.6 is 0 Å². The molecule has 1 saturated heterocycles. The zero-order valence-electron chi connectivity index (χ0n) is 12.6. The summed E-state index contributed by atoms with van der Waals surface area (Å²) < 4.78 is 5.56. The van der Waals surface area contributed by atoms with Crippen LogP contribution in [0, 0.1) is 5.92 Å². The Hall–Kier alpha value is -0.990. The van der Waals surface area contributed by atoms with Gasteiger partial charge in [0.25, 0.3) is 0 Å². The Bertz CT molecular complexity index is 288. The lowest BCUT2D eigenvalue weighted by Gasteiger charge is -2.17. The maximum atomic E-state index is 11.9. The Morgan fingerprint density at radius 3 is 2.68 bits per heavy atom. The monoisotopic (exact) mass is 267 g/mol. The van der Waals surface area contributed by atoms with Crippen LogP contribution in [0.5, 0.6) is 0 Å². The molecule has 110 valence electrons. The quantitative estimate of drug-likeness (QED) is 0.446. The Morgan fingerprint density at radius 1 is 1.26 bits per heavy atom. The molecular formula is C16H29NO2. The van der Waals surface area contributed by atoms with E-state index < -0.39 is 0 Å². The van der Waals surface area contributed by atoms with Crippen molar-refractivity contribution in [1.29, 1.82) is 0 Å². The van der Waals surface area contributed by atoms with Crippen molar-refractivity contribution in [3.05, 3.63) is 12.3 Å². The summed E-state index contributed by atoms with van der Waals surface area (Å²) in [5.41, 5.74) is 0. The van der Waals surface area contributed by atoms with E-state index in [1.165, 1.54) is 25.7 Å². The highest BCUT2D eigenvalue weighted by Gasteiger charge is 2.31. The molecule has 1 heterocycles. The van der Waals surface area contributed by atoms with E-state index in [-0.39, 0.29) is 11.8 Å². The number of rotatable bonds is 10. The highest BCUT2D eigenvalue weighted by Crippen LogP contribution is 2.25. The third kappa shape index (κ3) is 5.66.